The topological polar surface area (TPSA) is 15.3 Å². The molecule has 0 saturated carbocycles. The standard InChI is InChI=1S/C15H22N2/c1-3-9-17(10-4-2)12-13-5-6-14-7-8-16-15(14)11-13/h3,5-6,11,16H,1,4,7-10,12H2,2H3. The van der Waals surface area contributed by atoms with Gasteiger partial charge in [-0.25, -0.2) is 0 Å². The lowest BCUT2D eigenvalue weighted by Crippen LogP contribution is -2.24. The zero-order valence-electron chi connectivity index (χ0n) is 10.7. The largest absolute Gasteiger partial charge is 0.384 e. The van der Waals surface area contributed by atoms with E-state index in [0.717, 1.165) is 26.2 Å². The molecule has 0 fully saturated rings. The molecule has 1 aliphatic heterocycles. The summed E-state index contributed by atoms with van der Waals surface area (Å²) in [4.78, 5) is 2.43. The van der Waals surface area contributed by atoms with Crippen LogP contribution in [0, 0.1) is 0 Å². The molecule has 0 spiro atoms. The maximum atomic E-state index is 3.83. The zero-order valence-corrected chi connectivity index (χ0v) is 10.7. The molecule has 2 rings (SSSR count). The molecule has 0 atom stereocenters. The Morgan fingerprint density at radius 1 is 1.47 bits per heavy atom. The van der Waals surface area contributed by atoms with Crippen molar-refractivity contribution in [1.29, 1.82) is 0 Å². The summed E-state index contributed by atoms with van der Waals surface area (Å²) in [7, 11) is 0. The Kier molecular flexibility index (Phi) is 4.21. The van der Waals surface area contributed by atoms with Gasteiger partial charge in [-0.05, 0) is 36.6 Å². The smallest absolute Gasteiger partial charge is 0.0376 e. The summed E-state index contributed by atoms with van der Waals surface area (Å²) in [6, 6.07) is 6.83. The Bertz CT molecular complexity index is 385. The zero-order chi connectivity index (χ0) is 12.1. The van der Waals surface area contributed by atoms with Crippen molar-refractivity contribution in [3.8, 4) is 0 Å². The van der Waals surface area contributed by atoms with Crippen LogP contribution in [0.1, 0.15) is 24.5 Å². The fourth-order valence-electron chi connectivity index (χ4n) is 2.43. The molecule has 0 saturated heterocycles. The van der Waals surface area contributed by atoms with E-state index in [1.807, 2.05) is 6.08 Å². The Morgan fingerprint density at radius 3 is 3.12 bits per heavy atom. The first kappa shape index (κ1) is 12.2. The van der Waals surface area contributed by atoms with Crippen LogP contribution in [-0.4, -0.2) is 24.5 Å². The summed E-state index contributed by atoms with van der Waals surface area (Å²) in [5.74, 6) is 0. The molecule has 17 heavy (non-hydrogen) atoms. The highest BCUT2D eigenvalue weighted by Gasteiger charge is 2.11. The van der Waals surface area contributed by atoms with Gasteiger partial charge in [-0.15, -0.1) is 6.58 Å². The molecule has 0 amide bonds. The molecule has 1 heterocycles. The van der Waals surface area contributed by atoms with Crippen molar-refractivity contribution in [2.45, 2.75) is 26.3 Å². The first-order valence-electron chi connectivity index (χ1n) is 6.52. The maximum absolute atomic E-state index is 3.83. The van der Waals surface area contributed by atoms with Crippen LogP contribution in [-0.2, 0) is 13.0 Å². The van der Waals surface area contributed by atoms with E-state index in [-0.39, 0.29) is 0 Å². The van der Waals surface area contributed by atoms with Gasteiger partial charge in [0, 0.05) is 25.3 Å². The second-order valence-corrected chi connectivity index (χ2v) is 4.69. The van der Waals surface area contributed by atoms with Gasteiger partial charge in [0.25, 0.3) is 0 Å². The number of hydrogen-bond donors (Lipinski definition) is 1. The molecule has 1 aromatic rings. The van der Waals surface area contributed by atoms with Crippen molar-refractivity contribution in [1.82, 2.24) is 4.90 Å². The van der Waals surface area contributed by atoms with Gasteiger partial charge in [-0.3, -0.25) is 4.90 Å². The van der Waals surface area contributed by atoms with Crippen LogP contribution in [0.2, 0.25) is 0 Å². The van der Waals surface area contributed by atoms with Crippen LogP contribution in [0.3, 0.4) is 0 Å². The van der Waals surface area contributed by atoms with E-state index >= 15 is 0 Å². The van der Waals surface area contributed by atoms with Gasteiger partial charge in [0.2, 0.25) is 0 Å². The van der Waals surface area contributed by atoms with E-state index in [4.69, 9.17) is 0 Å². The average molecular weight is 230 g/mol. The maximum Gasteiger partial charge on any atom is 0.0376 e. The molecule has 2 heteroatoms. The van der Waals surface area contributed by atoms with E-state index in [2.05, 4.69) is 41.9 Å². The number of nitrogens with one attached hydrogen (secondary N) is 1. The van der Waals surface area contributed by atoms with E-state index in [1.165, 1.54) is 29.7 Å². The lowest BCUT2D eigenvalue weighted by atomic mass is 10.1. The molecular weight excluding hydrogens is 208 g/mol. The SMILES string of the molecule is C=CCN(CCC)Cc1ccc2c(c1)NCC2. The fraction of sp³-hybridized carbons (Fsp3) is 0.467. The summed E-state index contributed by atoms with van der Waals surface area (Å²) in [6.45, 7) is 10.3. The Morgan fingerprint density at radius 2 is 2.35 bits per heavy atom. The van der Waals surface area contributed by atoms with E-state index in [1.54, 1.807) is 0 Å². The second-order valence-electron chi connectivity index (χ2n) is 4.69. The van der Waals surface area contributed by atoms with Crippen molar-refractivity contribution < 1.29 is 0 Å². The van der Waals surface area contributed by atoms with Crippen molar-refractivity contribution in [3.05, 3.63) is 42.0 Å². The minimum absolute atomic E-state index is 0.971. The molecule has 1 aliphatic rings. The van der Waals surface area contributed by atoms with Crippen LogP contribution in [0.25, 0.3) is 0 Å². The Balaban J connectivity index is 2.03. The Labute approximate surface area is 104 Å². The molecule has 0 bridgehead atoms. The van der Waals surface area contributed by atoms with Gasteiger partial charge in [0.15, 0.2) is 0 Å². The lowest BCUT2D eigenvalue weighted by Gasteiger charge is -2.20. The van der Waals surface area contributed by atoms with E-state index in [9.17, 15) is 0 Å². The highest BCUT2D eigenvalue weighted by Crippen LogP contribution is 2.23. The number of benzene rings is 1. The number of nitrogens with zero attached hydrogens (tertiary/aromatic N) is 1. The highest BCUT2D eigenvalue weighted by molar-refractivity contribution is 5.56. The van der Waals surface area contributed by atoms with E-state index in [0.29, 0.717) is 0 Å². The van der Waals surface area contributed by atoms with Crippen molar-refractivity contribution in [2.24, 2.45) is 0 Å². The van der Waals surface area contributed by atoms with Gasteiger partial charge < -0.3 is 5.32 Å². The molecule has 92 valence electrons. The van der Waals surface area contributed by atoms with Crippen LogP contribution >= 0.6 is 0 Å². The fourth-order valence-corrected chi connectivity index (χ4v) is 2.43. The number of hydrogen-bond acceptors (Lipinski definition) is 2. The van der Waals surface area contributed by atoms with Gasteiger partial charge in [-0.2, -0.15) is 0 Å². The molecule has 1 N–H and O–H groups in total. The molecule has 2 nitrogen and oxygen atoms in total. The normalized spacial score (nSPS) is 13.5. The van der Waals surface area contributed by atoms with Crippen LogP contribution in [0.15, 0.2) is 30.9 Å². The van der Waals surface area contributed by atoms with Crippen molar-refractivity contribution in [3.63, 3.8) is 0 Å². The summed E-state index contributed by atoms with van der Waals surface area (Å²) in [6.07, 6.45) is 4.35. The predicted octanol–water partition coefficient (Wildman–Crippen LogP) is 3.05. The van der Waals surface area contributed by atoms with Crippen molar-refractivity contribution in [2.75, 3.05) is 25.0 Å². The minimum Gasteiger partial charge on any atom is -0.384 e. The van der Waals surface area contributed by atoms with Gasteiger partial charge in [0.05, 0.1) is 0 Å². The monoisotopic (exact) mass is 230 g/mol. The minimum atomic E-state index is 0.971. The van der Waals surface area contributed by atoms with Crippen LogP contribution < -0.4 is 5.32 Å². The number of fused-ring (bicyclic) bond motifs is 1. The predicted molar refractivity (Wildman–Crippen MR) is 74.4 cm³/mol. The first-order chi connectivity index (χ1) is 8.33. The summed E-state index contributed by atoms with van der Waals surface area (Å²) < 4.78 is 0. The van der Waals surface area contributed by atoms with Crippen LogP contribution in [0.4, 0.5) is 5.69 Å². The average Bonchev–Trinajstić information content (AvgIpc) is 2.77. The summed E-state index contributed by atoms with van der Waals surface area (Å²) in [5.41, 5.74) is 4.19. The quantitative estimate of drug-likeness (QED) is 0.756. The third-order valence-corrected chi connectivity index (χ3v) is 3.22. The molecule has 0 aliphatic carbocycles. The van der Waals surface area contributed by atoms with Gasteiger partial charge in [-0.1, -0.05) is 25.1 Å². The number of anilines is 1. The number of rotatable bonds is 6. The lowest BCUT2D eigenvalue weighted by molar-refractivity contribution is 0.295. The second kappa shape index (κ2) is 5.87. The summed E-state index contributed by atoms with van der Waals surface area (Å²) in [5, 5.41) is 3.44. The highest BCUT2D eigenvalue weighted by atomic mass is 15.1. The van der Waals surface area contributed by atoms with Gasteiger partial charge in [0.1, 0.15) is 0 Å². The third kappa shape index (κ3) is 3.10. The first-order valence-corrected chi connectivity index (χ1v) is 6.52. The molecule has 0 unspecified atom stereocenters. The molecule has 0 aromatic heterocycles. The van der Waals surface area contributed by atoms with Gasteiger partial charge >= 0.3 is 0 Å². The summed E-state index contributed by atoms with van der Waals surface area (Å²) >= 11 is 0. The molecule has 1 aromatic carbocycles. The molecule has 0 radical (unpaired) electrons. The van der Waals surface area contributed by atoms with Crippen molar-refractivity contribution >= 4 is 5.69 Å². The third-order valence-electron chi connectivity index (χ3n) is 3.22. The Hall–Kier alpha value is -1.28. The van der Waals surface area contributed by atoms with E-state index < -0.39 is 0 Å². The molecular formula is C15H22N2. The van der Waals surface area contributed by atoms with Crippen LogP contribution in [0.5, 0.6) is 0 Å².